The number of aliphatic hydroxyl groups excluding tert-OH is 1. The summed E-state index contributed by atoms with van der Waals surface area (Å²) in [5.74, 6) is 0.969. The second-order valence-electron chi connectivity index (χ2n) is 4.44. The molecule has 1 atom stereocenters. The smallest absolute Gasteiger partial charge is 0.0586 e. The molecule has 0 radical (unpaired) electrons. The number of nitrogens with zero attached hydrogens (tertiary/aromatic N) is 1. The summed E-state index contributed by atoms with van der Waals surface area (Å²) in [4.78, 5) is 3.38. The molecule has 1 saturated heterocycles. The van der Waals surface area contributed by atoms with E-state index in [-0.39, 0.29) is 6.61 Å². The quantitative estimate of drug-likeness (QED) is 0.842. The number of hydrogen-bond acceptors (Lipinski definition) is 3. The van der Waals surface area contributed by atoms with Crippen LogP contribution in [0.1, 0.15) is 12.8 Å². The first-order chi connectivity index (χ1) is 8.70. The summed E-state index contributed by atoms with van der Waals surface area (Å²) >= 11 is 13.8. The second kappa shape index (κ2) is 7.01. The van der Waals surface area contributed by atoms with Crippen molar-refractivity contribution in [2.45, 2.75) is 23.8 Å². The highest BCUT2D eigenvalue weighted by atomic mass is 35.5. The number of hydrogen-bond donors (Lipinski definition) is 1. The number of aliphatic hydroxyl groups is 1. The molecule has 18 heavy (non-hydrogen) atoms. The van der Waals surface area contributed by atoms with E-state index in [4.69, 9.17) is 23.2 Å². The normalized spacial score (nSPS) is 20.5. The van der Waals surface area contributed by atoms with Crippen LogP contribution in [0.15, 0.2) is 23.1 Å². The van der Waals surface area contributed by atoms with Gasteiger partial charge in [-0.1, -0.05) is 23.2 Å². The molecule has 0 aliphatic carbocycles. The van der Waals surface area contributed by atoms with Crippen LogP contribution in [0.5, 0.6) is 0 Å². The van der Waals surface area contributed by atoms with Crippen molar-refractivity contribution >= 4 is 35.0 Å². The van der Waals surface area contributed by atoms with Gasteiger partial charge in [0.05, 0.1) is 11.6 Å². The van der Waals surface area contributed by atoms with Gasteiger partial charge in [0.15, 0.2) is 0 Å². The summed E-state index contributed by atoms with van der Waals surface area (Å²) in [7, 11) is 0. The molecule has 1 aliphatic rings. The predicted molar refractivity (Wildman–Crippen MR) is 78.9 cm³/mol. The van der Waals surface area contributed by atoms with Crippen LogP contribution in [-0.4, -0.2) is 41.5 Å². The van der Waals surface area contributed by atoms with E-state index in [2.05, 4.69) is 4.90 Å². The summed E-state index contributed by atoms with van der Waals surface area (Å²) in [5.41, 5.74) is 0. The Labute approximate surface area is 122 Å². The largest absolute Gasteiger partial charge is 0.395 e. The maximum Gasteiger partial charge on any atom is 0.0586 e. The zero-order chi connectivity index (χ0) is 13.0. The third-order valence-corrected chi connectivity index (χ3v) is 4.95. The first-order valence-electron chi connectivity index (χ1n) is 6.13. The third-order valence-electron chi connectivity index (χ3n) is 3.24. The highest BCUT2D eigenvalue weighted by Gasteiger charge is 2.22. The molecule has 1 heterocycles. The lowest BCUT2D eigenvalue weighted by molar-refractivity contribution is 0.165. The fourth-order valence-electron chi connectivity index (χ4n) is 2.26. The van der Waals surface area contributed by atoms with E-state index < -0.39 is 0 Å². The van der Waals surface area contributed by atoms with Crippen LogP contribution in [0.2, 0.25) is 10.0 Å². The Morgan fingerprint density at radius 2 is 2.22 bits per heavy atom. The Kier molecular flexibility index (Phi) is 5.64. The van der Waals surface area contributed by atoms with Crippen molar-refractivity contribution in [1.82, 2.24) is 4.90 Å². The van der Waals surface area contributed by atoms with Gasteiger partial charge in [0, 0.05) is 28.3 Å². The number of benzene rings is 1. The lowest BCUT2D eigenvalue weighted by atomic mass is 10.2. The van der Waals surface area contributed by atoms with E-state index in [1.807, 2.05) is 12.1 Å². The van der Waals surface area contributed by atoms with Crippen LogP contribution in [0.25, 0.3) is 0 Å². The third kappa shape index (κ3) is 3.78. The lowest BCUT2D eigenvalue weighted by Crippen LogP contribution is -2.33. The fraction of sp³-hybridized carbons (Fsp3) is 0.538. The van der Waals surface area contributed by atoms with Gasteiger partial charge in [0.2, 0.25) is 0 Å². The van der Waals surface area contributed by atoms with Gasteiger partial charge >= 0.3 is 0 Å². The van der Waals surface area contributed by atoms with Gasteiger partial charge < -0.3 is 5.11 Å². The Bertz CT molecular complexity index is 403. The highest BCUT2D eigenvalue weighted by Crippen LogP contribution is 2.30. The maximum absolute atomic E-state index is 9.25. The fourth-order valence-corrected chi connectivity index (χ4v) is 3.74. The molecule has 1 fully saturated rings. The minimum Gasteiger partial charge on any atom is -0.395 e. The van der Waals surface area contributed by atoms with Gasteiger partial charge in [0.25, 0.3) is 0 Å². The number of rotatable bonds is 5. The molecule has 1 aliphatic heterocycles. The SMILES string of the molecule is OCC1CCCN1CCSc1cc(Cl)ccc1Cl. The van der Waals surface area contributed by atoms with Crippen LogP contribution < -0.4 is 0 Å². The monoisotopic (exact) mass is 305 g/mol. The average Bonchev–Trinajstić information content (AvgIpc) is 2.81. The van der Waals surface area contributed by atoms with Crippen molar-refractivity contribution in [1.29, 1.82) is 0 Å². The average molecular weight is 306 g/mol. The summed E-state index contributed by atoms with van der Waals surface area (Å²) in [6.45, 7) is 2.34. The van der Waals surface area contributed by atoms with E-state index >= 15 is 0 Å². The topological polar surface area (TPSA) is 23.5 Å². The minimum atomic E-state index is 0.266. The Balaban J connectivity index is 1.83. The van der Waals surface area contributed by atoms with Crippen molar-refractivity contribution in [2.75, 3.05) is 25.4 Å². The molecular weight excluding hydrogens is 289 g/mol. The van der Waals surface area contributed by atoms with Crippen molar-refractivity contribution in [2.24, 2.45) is 0 Å². The molecule has 1 unspecified atom stereocenters. The van der Waals surface area contributed by atoms with E-state index in [9.17, 15) is 5.11 Å². The van der Waals surface area contributed by atoms with Gasteiger partial charge in [-0.05, 0) is 37.6 Å². The Hall–Kier alpha value is 0.0700. The Morgan fingerprint density at radius 1 is 1.39 bits per heavy atom. The standard InChI is InChI=1S/C13H17Cl2NOS/c14-10-3-4-12(15)13(8-10)18-7-6-16-5-1-2-11(16)9-17/h3-4,8,11,17H,1-2,5-7,9H2. The van der Waals surface area contributed by atoms with Crippen LogP contribution in [0, 0.1) is 0 Å². The van der Waals surface area contributed by atoms with E-state index in [1.165, 1.54) is 6.42 Å². The van der Waals surface area contributed by atoms with Crippen LogP contribution >= 0.6 is 35.0 Å². The second-order valence-corrected chi connectivity index (χ2v) is 6.42. The van der Waals surface area contributed by atoms with Crippen molar-refractivity contribution in [3.05, 3.63) is 28.2 Å². The molecule has 1 aromatic rings. The first kappa shape index (κ1) is 14.5. The van der Waals surface area contributed by atoms with Gasteiger partial charge in [-0.25, -0.2) is 0 Å². The number of likely N-dealkylation sites (tertiary alicyclic amines) is 1. The molecule has 2 nitrogen and oxygen atoms in total. The molecule has 0 aromatic heterocycles. The van der Waals surface area contributed by atoms with E-state index in [0.29, 0.717) is 6.04 Å². The zero-order valence-corrected chi connectivity index (χ0v) is 12.4. The first-order valence-corrected chi connectivity index (χ1v) is 7.87. The molecule has 0 amide bonds. The number of halogens is 2. The molecule has 0 bridgehead atoms. The molecule has 1 N–H and O–H groups in total. The van der Waals surface area contributed by atoms with Gasteiger partial charge in [0.1, 0.15) is 0 Å². The Morgan fingerprint density at radius 3 is 3.00 bits per heavy atom. The molecule has 0 saturated carbocycles. The van der Waals surface area contributed by atoms with Crippen LogP contribution in [0.3, 0.4) is 0 Å². The lowest BCUT2D eigenvalue weighted by Gasteiger charge is -2.22. The molecule has 5 heteroatoms. The molecule has 0 spiro atoms. The van der Waals surface area contributed by atoms with Crippen LogP contribution in [-0.2, 0) is 0 Å². The summed E-state index contributed by atoms with van der Waals surface area (Å²) in [5, 5.41) is 10.7. The summed E-state index contributed by atoms with van der Waals surface area (Å²) in [6.07, 6.45) is 2.30. The van der Waals surface area contributed by atoms with E-state index in [1.54, 1.807) is 17.8 Å². The molecule has 2 rings (SSSR count). The van der Waals surface area contributed by atoms with Crippen LogP contribution in [0.4, 0.5) is 0 Å². The zero-order valence-electron chi connectivity index (χ0n) is 10.1. The van der Waals surface area contributed by atoms with Crippen molar-refractivity contribution in [3.8, 4) is 0 Å². The van der Waals surface area contributed by atoms with Crippen molar-refractivity contribution < 1.29 is 5.11 Å². The van der Waals surface area contributed by atoms with Gasteiger partial charge in [-0.15, -0.1) is 11.8 Å². The van der Waals surface area contributed by atoms with Gasteiger partial charge in [-0.2, -0.15) is 0 Å². The van der Waals surface area contributed by atoms with Crippen molar-refractivity contribution in [3.63, 3.8) is 0 Å². The molecule has 100 valence electrons. The number of thioether (sulfide) groups is 1. The van der Waals surface area contributed by atoms with E-state index in [0.717, 1.165) is 40.2 Å². The molecule has 1 aromatic carbocycles. The highest BCUT2D eigenvalue weighted by molar-refractivity contribution is 7.99. The summed E-state index contributed by atoms with van der Waals surface area (Å²) < 4.78 is 0. The maximum atomic E-state index is 9.25. The van der Waals surface area contributed by atoms with Gasteiger partial charge in [-0.3, -0.25) is 4.90 Å². The predicted octanol–water partition coefficient (Wildman–Crippen LogP) is 3.54. The minimum absolute atomic E-state index is 0.266. The summed E-state index contributed by atoms with van der Waals surface area (Å²) in [6, 6.07) is 5.89. The molecular formula is C13H17Cl2NOS.